The SMILES string of the molecule is NN(C1=C(C(I)C(=O)N2CCOCC2)CS(=O)(=O)c2cc(Cl)ccc21)c1ccc(CN2CCOCC2)cc1. The Morgan fingerprint density at radius 1 is 1.03 bits per heavy atom. The average molecular weight is 673 g/mol. The highest BCUT2D eigenvalue weighted by atomic mass is 127. The number of alkyl halides is 1. The van der Waals surface area contributed by atoms with E-state index in [0.717, 1.165) is 38.4 Å². The maximum Gasteiger partial charge on any atom is 0.239 e. The largest absolute Gasteiger partial charge is 0.379 e. The van der Waals surface area contributed by atoms with Gasteiger partial charge in [0.25, 0.3) is 0 Å². The number of sulfone groups is 1. The number of hydrazine groups is 1. The van der Waals surface area contributed by atoms with Gasteiger partial charge in [0.05, 0.1) is 48.5 Å². The van der Waals surface area contributed by atoms with Crippen molar-refractivity contribution in [3.8, 4) is 0 Å². The van der Waals surface area contributed by atoms with Gasteiger partial charge in [-0.15, -0.1) is 0 Å². The first-order valence-corrected chi connectivity index (χ1v) is 15.7. The number of halogens is 2. The Bertz CT molecular complexity index is 1330. The van der Waals surface area contributed by atoms with E-state index in [-0.39, 0.29) is 16.6 Å². The molecule has 2 aromatic rings. The first kappa shape index (κ1) is 27.8. The lowest BCUT2D eigenvalue weighted by molar-refractivity contribution is -0.133. The van der Waals surface area contributed by atoms with Crippen LogP contribution in [0, 0.1) is 0 Å². The Morgan fingerprint density at radius 2 is 1.66 bits per heavy atom. The molecule has 1 amide bonds. The molecule has 2 saturated heterocycles. The van der Waals surface area contributed by atoms with Crippen molar-refractivity contribution in [2.45, 2.75) is 15.4 Å². The number of fused-ring (bicyclic) bond motifs is 1. The summed E-state index contributed by atoms with van der Waals surface area (Å²) in [6.07, 6.45) is 0. The van der Waals surface area contributed by atoms with Crippen molar-refractivity contribution in [2.75, 3.05) is 63.4 Å². The summed E-state index contributed by atoms with van der Waals surface area (Å²) >= 11 is 8.22. The topological polar surface area (TPSA) is 105 Å². The molecule has 0 spiro atoms. The van der Waals surface area contributed by atoms with E-state index in [0.29, 0.717) is 53.8 Å². The van der Waals surface area contributed by atoms with Crippen LogP contribution in [0.2, 0.25) is 5.02 Å². The first-order valence-electron chi connectivity index (χ1n) is 12.4. The lowest BCUT2D eigenvalue weighted by Crippen LogP contribution is -2.46. The Hall–Kier alpha value is -1.74. The average Bonchev–Trinajstić information content (AvgIpc) is 2.93. The molecule has 0 saturated carbocycles. The molecule has 0 aromatic heterocycles. The zero-order chi connectivity index (χ0) is 26.9. The van der Waals surface area contributed by atoms with Gasteiger partial charge in [-0.05, 0) is 35.4 Å². The number of anilines is 1. The Morgan fingerprint density at radius 3 is 2.32 bits per heavy atom. The highest BCUT2D eigenvalue weighted by Crippen LogP contribution is 2.40. The van der Waals surface area contributed by atoms with Crippen LogP contribution >= 0.6 is 34.2 Å². The minimum atomic E-state index is -3.74. The third kappa shape index (κ3) is 5.88. The van der Waals surface area contributed by atoms with Gasteiger partial charge in [-0.3, -0.25) is 14.7 Å². The third-order valence-corrected chi connectivity index (χ3v) is 10.2. The van der Waals surface area contributed by atoms with Gasteiger partial charge in [0.15, 0.2) is 9.84 Å². The summed E-state index contributed by atoms with van der Waals surface area (Å²) in [6.45, 7) is 5.92. The summed E-state index contributed by atoms with van der Waals surface area (Å²) in [6, 6.07) is 12.6. The summed E-state index contributed by atoms with van der Waals surface area (Å²) in [5, 5.41) is 1.81. The summed E-state index contributed by atoms with van der Waals surface area (Å²) < 4.78 is 36.8. The van der Waals surface area contributed by atoms with Gasteiger partial charge in [-0.2, -0.15) is 0 Å². The van der Waals surface area contributed by atoms with Gasteiger partial charge in [0.2, 0.25) is 5.91 Å². The summed E-state index contributed by atoms with van der Waals surface area (Å²) in [7, 11) is -3.74. The van der Waals surface area contributed by atoms with Crippen LogP contribution in [0.15, 0.2) is 52.9 Å². The fourth-order valence-electron chi connectivity index (χ4n) is 4.95. The second kappa shape index (κ2) is 11.8. The highest BCUT2D eigenvalue weighted by Gasteiger charge is 2.38. The van der Waals surface area contributed by atoms with Crippen molar-refractivity contribution in [1.82, 2.24) is 9.80 Å². The molecule has 1 unspecified atom stereocenters. The molecule has 2 fully saturated rings. The standard InChI is InChI=1S/C26H30ClIN4O5S/c27-19-3-6-21-23(15-19)38(34,35)17-22(24(28)26(33)31-9-13-37-14-10-31)25(21)32(29)20-4-1-18(2-5-20)16-30-7-11-36-12-8-30/h1-6,15,24H,7-14,16-17,29H2. The normalized spacial score (nSPS) is 20.7. The number of benzene rings is 2. The van der Waals surface area contributed by atoms with Crippen LogP contribution in [0.25, 0.3) is 5.70 Å². The second-order valence-corrected chi connectivity index (χ2v) is 13.1. The second-order valence-electron chi connectivity index (χ2n) is 9.50. The zero-order valence-corrected chi connectivity index (χ0v) is 24.5. The first-order chi connectivity index (χ1) is 18.2. The van der Waals surface area contributed by atoms with Gasteiger partial charge in [0.1, 0.15) is 3.92 Å². The molecule has 3 aliphatic rings. The van der Waals surface area contributed by atoms with Crippen molar-refractivity contribution in [2.24, 2.45) is 5.84 Å². The van der Waals surface area contributed by atoms with E-state index < -0.39 is 13.8 Å². The number of amides is 1. The minimum Gasteiger partial charge on any atom is -0.379 e. The van der Waals surface area contributed by atoms with Gasteiger partial charge in [-0.25, -0.2) is 14.3 Å². The molecule has 5 rings (SSSR count). The maximum atomic E-state index is 13.5. The number of carbonyl (C=O) groups excluding carboxylic acids is 1. The third-order valence-electron chi connectivity index (χ3n) is 6.99. The van der Waals surface area contributed by atoms with E-state index in [4.69, 9.17) is 26.9 Å². The Kier molecular flexibility index (Phi) is 8.63. The van der Waals surface area contributed by atoms with Crippen molar-refractivity contribution < 1.29 is 22.7 Å². The quantitative estimate of drug-likeness (QED) is 0.216. The van der Waals surface area contributed by atoms with Crippen LogP contribution in [0.1, 0.15) is 11.1 Å². The number of nitrogens with two attached hydrogens (primary N) is 1. The number of hydrogen-bond donors (Lipinski definition) is 1. The van der Waals surface area contributed by atoms with Crippen LogP contribution in [0.4, 0.5) is 5.69 Å². The van der Waals surface area contributed by atoms with Crippen molar-refractivity contribution in [3.63, 3.8) is 0 Å². The molecule has 0 aliphatic carbocycles. The van der Waals surface area contributed by atoms with Crippen LogP contribution in [0.3, 0.4) is 0 Å². The Labute approximate surface area is 241 Å². The molecule has 204 valence electrons. The number of ether oxygens (including phenoxy) is 2. The molecule has 9 nitrogen and oxygen atoms in total. The molecule has 3 aliphatic heterocycles. The predicted molar refractivity (Wildman–Crippen MR) is 155 cm³/mol. The molecule has 0 bridgehead atoms. The molecule has 1 atom stereocenters. The molecule has 12 heteroatoms. The Balaban J connectivity index is 1.52. The van der Waals surface area contributed by atoms with Gasteiger partial charge >= 0.3 is 0 Å². The molecular weight excluding hydrogens is 643 g/mol. The van der Waals surface area contributed by atoms with E-state index in [2.05, 4.69) is 4.90 Å². The van der Waals surface area contributed by atoms with Crippen LogP contribution in [-0.4, -0.2) is 86.4 Å². The van der Waals surface area contributed by atoms with Gasteiger partial charge in [0, 0.05) is 43.3 Å². The predicted octanol–water partition coefficient (Wildman–Crippen LogP) is 2.71. The summed E-state index contributed by atoms with van der Waals surface area (Å²) in [4.78, 5) is 17.6. The van der Waals surface area contributed by atoms with Crippen molar-refractivity contribution >= 4 is 61.3 Å². The fraction of sp³-hybridized carbons (Fsp3) is 0.423. The molecule has 2 N–H and O–H groups in total. The lowest BCUT2D eigenvalue weighted by atomic mass is 10.0. The molecule has 3 heterocycles. The highest BCUT2D eigenvalue weighted by molar-refractivity contribution is 14.1. The summed E-state index contributed by atoms with van der Waals surface area (Å²) in [5.74, 6) is 6.26. The van der Waals surface area contributed by atoms with Crippen LogP contribution in [-0.2, 0) is 30.7 Å². The molecule has 2 aromatic carbocycles. The van der Waals surface area contributed by atoms with Crippen molar-refractivity contribution in [1.29, 1.82) is 0 Å². The van der Waals surface area contributed by atoms with Crippen LogP contribution < -0.4 is 10.9 Å². The van der Waals surface area contributed by atoms with Gasteiger partial charge < -0.3 is 14.4 Å². The van der Waals surface area contributed by atoms with Crippen molar-refractivity contribution in [3.05, 3.63) is 64.2 Å². The van der Waals surface area contributed by atoms with Crippen LogP contribution in [0.5, 0.6) is 0 Å². The van der Waals surface area contributed by atoms with E-state index in [9.17, 15) is 13.2 Å². The zero-order valence-electron chi connectivity index (χ0n) is 20.8. The number of morpholine rings is 2. The fourth-order valence-corrected chi connectivity index (χ4v) is 8.07. The van der Waals surface area contributed by atoms with E-state index >= 15 is 0 Å². The number of hydrogen-bond acceptors (Lipinski definition) is 8. The molecule has 38 heavy (non-hydrogen) atoms. The monoisotopic (exact) mass is 672 g/mol. The molecular formula is C26H30ClIN4O5S. The number of rotatable bonds is 6. The number of nitrogens with zero attached hydrogens (tertiary/aromatic N) is 3. The minimum absolute atomic E-state index is 0.116. The van der Waals surface area contributed by atoms with Gasteiger partial charge in [-0.1, -0.05) is 52.4 Å². The van der Waals surface area contributed by atoms with E-state index in [1.54, 1.807) is 17.0 Å². The van der Waals surface area contributed by atoms with E-state index in [1.807, 2.05) is 46.9 Å². The lowest BCUT2D eigenvalue weighted by Gasteiger charge is -2.34. The smallest absolute Gasteiger partial charge is 0.239 e. The number of carbonyl (C=O) groups is 1. The van der Waals surface area contributed by atoms with E-state index in [1.165, 1.54) is 11.1 Å². The summed E-state index contributed by atoms with van der Waals surface area (Å²) in [5.41, 5.74) is 3.23. The molecule has 0 radical (unpaired) electrons. The maximum absolute atomic E-state index is 13.5.